The van der Waals surface area contributed by atoms with Crippen LogP contribution in [0.5, 0.6) is 0 Å². The number of nitrogens with zero attached hydrogens (tertiary/aromatic N) is 2. The molecular formula is C21H21ClFN3O2. The Hall–Kier alpha value is -2.47. The fourth-order valence-electron chi connectivity index (χ4n) is 4.27. The number of nitrogens with one attached hydrogen (secondary N) is 1. The summed E-state index contributed by atoms with van der Waals surface area (Å²) in [6.07, 6.45) is 5.43. The van der Waals surface area contributed by atoms with Crippen molar-refractivity contribution in [3.05, 3.63) is 59.0 Å². The number of anilines is 1. The summed E-state index contributed by atoms with van der Waals surface area (Å²) < 4.78 is 13.2. The van der Waals surface area contributed by atoms with Crippen molar-refractivity contribution < 1.29 is 14.0 Å². The second-order valence-electron chi connectivity index (χ2n) is 7.55. The molecule has 2 aliphatic rings. The molecule has 1 aliphatic carbocycles. The number of hydrogen-bond donors (Lipinski definition) is 1. The summed E-state index contributed by atoms with van der Waals surface area (Å²) in [4.78, 5) is 31.6. The summed E-state index contributed by atoms with van der Waals surface area (Å²) in [5.41, 5.74) is -0.0895. The van der Waals surface area contributed by atoms with Gasteiger partial charge in [0.2, 0.25) is 5.91 Å². The number of hydrogen-bond acceptors (Lipinski definition) is 3. The van der Waals surface area contributed by atoms with Gasteiger partial charge in [-0.1, -0.05) is 17.7 Å². The Balaban J connectivity index is 1.38. The van der Waals surface area contributed by atoms with E-state index >= 15 is 0 Å². The van der Waals surface area contributed by atoms with E-state index in [2.05, 4.69) is 10.3 Å². The number of pyridine rings is 1. The van der Waals surface area contributed by atoms with Gasteiger partial charge in [0.05, 0.1) is 16.0 Å². The van der Waals surface area contributed by atoms with Crippen LogP contribution in [-0.4, -0.2) is 29.4 Å². The molecule has 0 atom stereocenters. The highest BCUT2D eigenvalue weighted by molar-refractivity contribution is 6.33. The average Bonchev–Trinajstić information content (AvgIpc) is 3.00. The number of amides is 2. The molecule has 2 amide bonds. The molecule has 0 unspecified atom stereocenters. The van der Waals surface area contributed by atoms with Gasteiger partial charge in [-0.3, -0.25) is 14.5 Å². The normalized spacial score (nSPS) is 24.6. The minimum atomic E-state index is -0.474. The van der Waals surface area contributed by atoms with Crippen molar-refractivity contribution in [1.82, 2.24) is 10.3 Å². The van der Waals surface area contributed by atoms with Crippen molar-refractivity contribution in [2.45, 2.75) is 38.1 Å². The van der Waals surface area contributed by atoms with Crippen molar-refractivity contribution in [1.29, 1.82) is 0 Å². The quantitative estimate of drug-likeness (QED) is 0.846. The molecule has 1 aromatic carbocycles. The lowest BCUT2D eigenvalue weighted by Gasteiger charge is -2.36. The van der Waals surface area contributed by atoms with E-state index in [0.29, 0.717) is 12.4 Å². The molecule has 1 aliphatic heterocycles. The van der Waals surface area contributed by atoms with Gasteiger partial charge in [-0.2, -0.15) is 0 Å². The Bertz CT molecular complexity index is 898. The number of benzene rings is 1. The van der Waals surface area contributed by atoms with Crippen LogP contribution in [0.3, 0.4) is 0 Å². The van der Waals surface area contributed by atoms with Gasteiger partial charge in [-0.05, 0) is 62.4 Å². The largest absolute Gasteiger partial charge is 0.349 e. The summed E-state index contributed by atoms with van der Waals surface area (Å²) in [5.74, 6) is 0.0560. The summed E-state index contributed by atoms with van der Waals surface area (Å²) in [6.45, 7) is 0.679. The van der Waals surface area contributed by atoms with Crippen LogP contribution in [0.15, 0.2) is 42.6 Å². The fraction of sp³-hybridized carbons (Fsp3) is 0.381. The molecule has 5 nitrogen and oxygen atoms in total. The Kier molecular flexibility index (Phi) is 5.06. The molecule has 1 aromatic heterocycles. The van der Waals surface area contributed by atoms with Crippen molar-refractivity contribution in [3.63, 3.8) is 0 Å². The number of rotatable bonds is 3. The molecular weight excluding hydrogens is 381 g/mol. The first-order valence-electron chi connectivity index (χ1n) is 9.47. The molecule has 1 saturated heterocycles. The lowest BCUT2D eigenvalue weighted by molar-refractivity contribution is -0.127. The first kappa shape index (κ1) is 18.9. The lowest BCUT2D eigenvalue weighted by Crippen LogP contribution is -2.44. The Morgan fingerprint density at radius 1 is 1.21 bits per heavy atom. The first-order valence-corrected chi connectivity index (χ1v) is 9.85. The third kappa shape index (κ3) is 3.49. The molecule has 1 N–H and O–H groups in total. The van der Waals surface area contributed by atoms with E-state index in [9.17, 15) is 14.0 Å². The lowest BCUT2D eigenvalue weighted by atomic mass is 9.71. The minimum absolute atomic E-state index is 0.0176. The second-order valence-corrected chi connectivity index (χ2v) is 7.95. The van der Waals surface area contributed by atoms with Crippen LogP contribution < -0.4 is 10.2 Å². The van der Waals surface area contributed by atoms with Crippen LogP contribution >= 0.6 is 11.6 Å². The zero-order chi connectivity index (χ0) is 19.7. The third-order valence-corrected chi connectivity index (χ3v) is 6.21. The highest BCUT2D eigenvalue weighted by Crippen LogP contribution is 2.45. The number of halogens is 2. The number of carbonyl (C=O) groups is 2. The Morgan fingerprint density at radius 3 is 2.68 bits per heavy atom. The predicted molar refractivity (Wildman–Crippen MR) is 105 cm³/mol. The van der Waals surface area contributed by atoms with Crippen molar-refractivity contribution in [2.75, 3.05) is 11.4 Å². The molecule has 2 heterocycles. The van der Waals surface area contributed by atoms with Crippen LogP contribution in [0, 0.1) is 11.2 Å². The van der Waals surface area contributed by atoms with Crippen molar-refractivity contribution in [2.24, 2.45) is 5.41 Å². The summed E-state index contributed by atoms with van der Waals surface area (Å²) in [6, 6.07) is 9.30. The number of aromatic nitrogens is 1. The zero-order valence-electron chi connectivity index (χ0n) is 15.3. The van der Waals surface area contributed by atoms with E-state index in [0.717, 1.165) is 38.2 Å². The summed E-state index contributed by atoms with van der Waals surface area (Å²) in [7, 11) is 0. The standard InChI is InChI=1S/C21H21ClFN3O2/c22-17-13-14(23)4-5-16(17)19(27)25-15-6-8-21(9-7-15)10-12-26(20(21)28)18-3-1-2-11-24-18/h1-5,11,13,15H,6-10,12H2,(H,25,27). The van der Waals surface area contributed by atoms with Gasteiger partial charge in [-0.25, -0.2) is 9.37 Å². The minimum Gasteiger partial charge on any atom is -0.349 e. The molecule has 4 rings (SSSR count). The van der Waals surface area contributed by atoms with Crippen molar-refractivity contribution >= 4 is 29.2 Å². The van der Waals surface area contributed by atoms with E-state index in [1.807, 2.05) is 18.2 Å². The molecule has 7 heteroatoms. The van der Waals surface area contributed by atoms with Crippen LogP contribution in [0.25, 0.3) is 0 Å². The number of carbonyl (C=O) groups excluding carboxylic acids is 2. The SMILES string of the molecule is O=C(NC1CCC2(CC1)CCN(c1ccccn1)C2=O)c1ccc(F)cc1Cl. The van der Waals surface area contributed by atoms with Gasteiger partial charge in [-0.15, -0.1) is 0 Å². The highest BCUT2D eigenvalue weighted by Gasteiger charge is 2.49. The molecule has 0 bridgehead atoms. The van der Waals surface area contributed by atoms with Gasteiger partial charge in [0.15, 0.2) is 0 Å². The molecule has 2 aromatic rings. The first-order chi connectivity index (χ1) is 13.5. The van der Waals surface area contributed by atoms with E-state index < -0.39 is 5.82 Å². The van der Waals surface area contributed by atoms with E-state index in [1.54, 1.807) is 11.1 Å². The van der Waals surface area contributed by atoms with Gasteiger partial charge in [0.25, 0.3) is 5.91 Å². The van der Waals surface area contributed by atoms with E-state index in [1.165, 1.54) is 12.1 Å². The van der Waals surface area contributed by atoms with E-state index in [4.69, 9.17) is 11.6 Å². The average molecular weight is 402 g/mol. The van der Waals surface area contributed by atoms with Gasteiger partial charge >= 0.3 is 0 Å². The van der Waals surface area contributed by atoms with Crippen LogP contribution in [-0.2, 0) is 4.79 Å². The van der Waals surface area contributed by atoms with Crippen LogP contribution in [0.2, 0.25) is 5.02 Å². The maximum atomic E-state index is 13.2. The highest BCUT2D eigenvalue weighted by atomic mass is 35.5. The predicted octanol–water partition coefficient (Wildman–Crippen LogP) is 3.97. The van der Waals surface area contributed by atoms with Gasteiger partial charge in [0, 0.05) is 18.8 Å². The monoisotopic (exact) mass is 401 g/mol. The molecule has 0 radical (unpaired) electrons. The topological polar surface area (TPSA) is 62.3 Å². The van der Waals surface area contributed by atoms with Gasteiger partial charge in [0.1, 0.15) is 11.6 Å². The smallest absolute Gasteiger partial charge is 0.253 e. The summed E-state index contributed by atoms with van der Waals surface area (Å²) in [5, 5.41) is 3.08. The van der Waals surface area contributed by atoms with Crippen LogP contribution in [0.4, 0.5) is 10.2 Å². The molecule has 1 spiro atoms. The molecule has 146 valence electrons. The maximum Gasteiger partial charge on any atom is 0.253 e. The molecule has 2 fully saturated rings. The Labute approximate surface area is 167 Å². The van der Waals surface area contributed by atoms with Crippen molar-refractivity contribution in [3.8, 4) is 0 Å². The maximum absolute atomic E-state index is 13.2. The van der Waals surface area contributed by atoms with Gasteiger partial charge < -0.3 is 5.32 Å². The second kappa shape index (κ2) is 7.51. The third-order valence-electron chi connectivity index (χ3n) is 5.89. The van der Waals surface area contributed by atoms with E-state index in [-0.39, 0.29) is 33.9 Å². The fourth-order valence-corrected chi connectivity index (χ4v) is 4.52. The zero-order valence-corrected chi connectivity index (χ0v) is 16.1. The molecule has 1 saturated carbocycles. The molecule has 28 heavy (non-hydrogen) atoms. The van der Waals surface area contributed by atoms with Crippen LogP contribution in [0.1, 0.15) is 42.5 Å². The summed E-state index contributed by atoms with van der Waals surface area (Å²) >= 11 is 5.98. The Morgan fingerprint density at radius 2 is 2.00 bits per heavy atom.